The van der Waals surface area contributed by atoms with E-state index in [4.69, 9.17) is 4.74 Å². The van der Waals surface area contributed by atoms with Crippen LogP contribution in [-0.2, 0) is 4.74 Å². The van der Waals surface area contributed by atoms with Crippen LogP contribution in [0.15, 0.2) is 12.1 Å². The molecule has 0 aliphatic carbocycles. The quantitative estimate of drug-likeness (QED) is 0.659. The molecule has 1 aliphatic heterocycles. The predicted octanol–water partition coefficient (Wildman–Crippen LogP) is 2.66. The summed E-state index contributed by atoms with van der Waals surface area (Å²) in [5.41, 5.74) is 2.87. The molecule has 1 fully saturated rings. The van der Waals surface area contributed by atoms with Crippen molar-refractivity contribution in [2.24, 2.45) is 5.41 Å². The molecule has 1 aliphatic rings. The lowest BCUT2D eigenvalue weighted by Gasteiger charge is -2.38. The van der Waals surface area contributed by atoms with Gasteiger partial charge in [0, 0.05) is 29.3 Å². The van der Waals surface area contributed by atoms with Gasteiger partial charge in [0.15, 0.2) is 0 Å². The Morgan fingerprint density at radius 1 is 1.39 bits per heavy atom. The first-order chi connectivity index (χ1) is 8.41. The van der Waals surface area contributed by atoms with Crippen LogP contribution < -0.4 is 5.32 Å². The Labute approximate surface area is 106 Å². The average Bonchev–Trinajstić information content (AvgIpc) is 2.25. The van der Waals surface area contributed by atoms with Crippen LogP contribution in [0, 0.1) is 29.4 Å². The molecule has 1 aromatic rings. The van der Waals surface area contributed by atoms with Crippen molar-refractivity contribution in [3.8, 4) is 0 Å². The normalized spacial score (nSPS) is 17.1. The summed E-state index contributed by atoms with van der Waals surface area (Å²) < 4.78 is 5.19. The van der Waals surface area contributed by atoms with Gasteiger partial charge in [0.2, 0.25) is 0 Å². The third kappa shape index (κ3) is 2.46. The topological polar surface area (TPSA) is 64.4 Å². The maximum atomic E-state index is 10.9. The lowest BCUT2D eigenvalue weighted by atomic mass is 9.88. The van der Waals surface area contributed by atoms with Gasteiger partial charge in [-0.2, -0.15) is 0 Å². The van der Waals surface area contributed by atoms with Gasteiger partial charge in [0.05, 0.1) is 18.1 Å². The highest BCUT2D eigenvalue weighted by Gasteiger charge is 2.33. The summed E-state index contributed by atoms with van der Waals surface area (Å²) in [6.45, 7) is 8.12. The van der Waals surface area contributed by atoms with E-state index in [0.29, 0.717) is 5.56 Å². The van der Waals surface area contributed by atoms with Crippen molar-refractivity contribution in [1.29, 1.82) is 0 Å². The van der Waals surface area contributed by atoms with Crippen molar-refractivity contribution in [1.82, 2.24) is 0 Å². The molecule has 1 heterocycles. The van der Waals surface area contributed by atoms with Crippen molar-refractivity contribution in [2.45, 2.75) is 20.8 Å². The zero-order chi connectivity index (χ0) is 13.3. The molecule has 1 saturated heterocycles. The van der Waals surface area contributed by atoms with Crippen LogP contribution in [0.1, 0.15) is 18.1 Å². The Bertz CT molecular complexity index is 481. The van der Waals surface area contributed by atoms with Gasteiger partial charge >= 0.3 is 0 Å². The Morgan fingerprint density at radius 3 is 2.56 bits per heavy atom. The third-order valence-electron chi connectivity index (χ3n) is 3.35. The van der Waals surface area contributed by atoms with Crippen molar-refractivity contribution in [3.05, 3.63) is 33.4 Å². The van der Waals surface area contributed by atoms with Crippen LogP contribution in [0.4, 0.5) is 11.4 Å². The van der Waals surface area contributed by atoms with Crippen molar-refractivity contribution >= 4 is 11.4 Å². The fraction of sp³-hybridized carbons (Fsp3) is 0.538. The van der Waals surface area contributed by atoms with Crippen molar-refractivity contribution in [3.63, 3.8) is 0 Å². The van der Waals surface area contributed by atoms with E-state index in [1.807, 2.05) is 13.0 Å². The molecule has 0 radical (unpaired) electrons. The van der Waals surface area contributed by atoms with Gasteiger partial charge in [-0.15, -0.1) is 0 Å². The molecule has 98 valence electrons. The molecule has 2 rings (SSSR count). The SMILES string of the molecule is Cc1cc(C)c([N+](=O)[O-])cc1NCC1(C)COC1. The number of benzene rings is 1. The maximum Gasteiger partial charge on any atom is 0.274 e. The predicted molar refractivity (Wildman–Crippen MR) is 70.0 cm³/mol. The molecular formula is C13H18N2O3. The molecule has 0 spiro atoms. The molecule has 0 amide bonds. The first-order valence-electron chi connectivity index (χ1n) is 5.99. The number of anilines is 1. The van der Waals surface area contributed by atoms with Gasteiger partial charge in [-0.3, -0.25) is 10.1 Å². The average molecular weight is 250 g/mol. The number of hydrogen-bond acceptors (Lipinski definition) is 4. The summed E-state index contributed by atoms with van der Waals surface area (Å²) in [6.07, 6.45) is 0. The summed E-state index contributed by atoms with van der Waals surface area (Å²) >= 11 is 0. The number of rotatable bonds is 4. The van der Waals surface area contributed by atoms with Crippen LogP contribution >= 0.6 is 0 Å². The Hall–Kier alpha value is -1.62. The monoisotopic (exact) mass is 250 g/mol. The van der Waals surface area contributed by atoms with Crippen LogP contribution in [0.5, 0.6) is 0 Å². The first kappa shape index (κ1) is 12.8. The van der Waals surface area contributed by atoms with E-state index in [2.05, 4.69) is 12.2 Å². The smallest absolute Gasteiger partial charge is 0.274 e. The van der Waals surface area contributed by atoms with Crippen LogP contribution in [0.3, 0.4) is 0 Å². The number of nitro benzene ring substituents is 1. The molecule has 0 atom stereocenters. The zero-order valence-electron chi connectivity index (χ0n) is 10.9. The second-order valence-electron chi connectivity index (χ2n) is 5.37. The van der Waals surface area contributed by atoms with E-state index in [1.54, 1.807) is 13.0 Å². The molecule has 0 aromatic heterocycles. The van der Waals surface area contributed by atoms with Crippen LogP contribution in [0.2, 0.25) is 0 Å². The van der Waals surface area contributed by atoms with Crippen LogP contribution in [-0.4, -0.2) is 24.7 Å². The van der Waals surface area contributed by atoms with Gasteiger partial charge < -0.3 is 10.1 Å². The highest BCUT2D eigenvalue weighted by molar-refractivity contribution is 5.60. The largest absolute Gasteiger partial charge is 0.384 e. The molecule has 0 bridgehead atoms. The summed E-state index contributed by atoms with van der Waals surface area (Å²) in [4.78, 5) is 10.6. The number of nitrogens with one attached hydrogen (secondary N) is 1. The standard InChI is InChI=1S/C13H18N2O3/c1-9-4-10(2)12(15(16)17)5-11(9)14-6-13(3)7-18-8-13/h4-5,14H,6-8H2,1-3H3. The number of aryl methyl sites for hydroxylation is 2. The molecule has 5 heteroatoms. The van der Waals surface area contributed by atoms with Gasteiger partial charge in [0.1, 0.15) is 0 Å². The Kier molecular flexibility index (Phi) is 3.26. The van der Waals surface area contributed by atoms with E-state index in [0.717, 1.165) is 31.0 Å². The minimum absolute atomic E-state index is 0.145. The fourth-order valence-electron chi connectivity index (χ4n) is 2.09. The summed E-state index contributed by atoms with van der Waals surface area (Å²) in [5.74, 6) is 0. The molecule has 5 nitrogen and oxygen atoms in total. The van der Waals surface area contributed by atoms with E-state index in [-0.39, 0.29) is 16.0 Å². The van der Waals surface area contributed by atoms with E-state index in [1.165, 1.54) is 0 Å². The summed E-state index contributed by atoms with van der Waals surface area (Å²) in [6, 6.07) is 3.47. The Morgan fingerprint density at radius 2 is 2.06 bits per heavy atom. The minimum Gasteiger partial charge on any atom is -0.384 e. The third-order valence-corrected chi connectivity index (χ3v) is 3.35. The number of nitrogens with zero attached hydrogens (tertiary/aromatic N) is 1. The van der Waals surface area contributed by atoms with Crippen LogP contribution in [0.25, 0.3) is 0 Å². The fourth-order valence-corrected chi connectivity index (χ4v) is 2.09. The highest BCUT2D eigenvalue weighted by atomic mass is 16.6. The molecular weight excluding hydrogens is 232 g/mol. The molecule has 1 aromatic carbocycles. The lowest BCUT2D eigenvalue weighted by molar-refractivity contribution is -0.385. The molecule has 18 heavy (non-hydrogen) atoms. The highest BCUT2D eigenvalue weighted by Crippen LogP contribution is 2.30. The van der Waals surface area contributed by atoms with Gasteiger partial charge in [0.25, 0.3) is 5.69 Å². The van der Waals surface area contributed by atoms with Crippen molar-refractivity contribution < 1.29 is 9.66 Å². The molecule has 0 unspecified atom stereocenters. The number of ether oxygens (including phenoxy) is 1. The van der Waals surface area contributed by atoms with E-state index in [9.17, 15) is 10.1 Å². The van der Waals surface area contributed by atoms with E-state index < -0.39 is 0 Å². The van der Waals surface area contributed by atoms with Gasteiger partial charge in [-0.25, -0.2) is 0 Å². The second-order valence-corrected chi connectivity index (χ2v) is 5.37. The van der Waals surface area contributed by atoms with Gasteiger partial charge in [-0.05, 0) is 25.5 Å². The Balaban J connectivity index is 2.16. The van der Waals surface area contributed by atoms with E-state index >= 15 is 0 Å². The first-order valence-corrected chi connectivity index (χ1v) is 5.99. The maximum absolute atomic E-state index is 10.9. The number of hydrogen-bond donors (Lipinski definition) is 1. The summed E-state index contributed by atoms with van der Waals surface area (Å²) in [5, 5.41) is 14.2. The lowest BCUT2D eigenvalue weighted by Crippen LogP contribution is -2.45. The summed E-state index contributed by atoms with van der Waals surface area (Å²) in [7, 11) is 0. The molecule has 1 N–H and O–H groups in total. The molecule has 0 saturated carbocycles. The number of nitro groups is 1. The zero-order valence-corrected chi connectivity index (χ0v) is 10.9. The second kappa shape index (κ2) is 4.57. The van der Waals surface area contributed by atoms with Gasteiger partial charge in [-0.1, -0.05) is 6.92 Å². The minimum atomic E-state index is -0.339. The van der Waals surface area contributed by atoms with Crippen molar-refractivity contribution in [2.75, 3.05) is 25.1 Å².